The lowest BCUT2D eigenvalue weighted by Gasteiger charge is -2.22. The van der Waals surface area contributed by atoms with Gasteiger partial charge in [0.05, 0.1) is 17.0 Å². The summed E-state index contributed by atoms with van der Waals surface area (Å²) in [6, 6.07) is 6.54. The molecule has 0 aliphatic heterocycles. The van der Waals surface area contributed by atoms with Crippen molar-refractivity contribution >= 4 is 35.3 Å². The maximum absolute atomic E-state index is 11.9. The first-order chi connectivity index (χ1) is 13.5. The van der Waals surface area contributed by atoms with Crippen LogP contribution in [0.1, 0.15) is 55.3 Å². The van der Waals surface area contributed by atoms with Crippen LogP contribution < -0.4 is 16.2 Å². The third-order valence-electron chi connectivity index (χ3n) is 4.32. The van der Waals surface area contributed by atoms with E-state index in [4.69, 9.17) is 16.3 Å². The fourth-order valence-corrected chi connectivity index (χ4v) is 3.08. The molecule has 0 saturated heterocycles. The molecule has 8 nitrogen and oxygen atoms in total. The Hall–Kier alpha value is -2.61. The van der Waals surface area contributed by atoms with Gasteiger partial charge in [0.2, 0.25) is 5.91 Å². The first-order valence-corrected chi connectivity index (χ1v) is 9.62. The van der Waals surface area contributed by atoms with E-state index in [2.05, 4.69) is 16.2 Å². The molecule has 2 rings (SSSR count). The Labute approximate surface area is 168 Å². The van der Waals surface area contributed by atoms with E-state index in [0.29, 0.717) is 0 Å². The van der Waals surface area contributed by atoms with Crippen LogP contribution in [0.15, 0.2) is 24.3 Å². The van der Waals surface area contributed by atoms with Crippen molar-refractivity contribution in [2.45, 2.75) is 51.0 Å². The van der Waals surface area contributed by atoms with Crippen molar-refractivity contribution in [2.75, 3.05) is 6.61 Å². The van der Waals surface area contributed by atoms with Gasteiger partial charge < -0.3 is 10.1 Å². The van der Waals surface area contributed by atoms with Crippen LogP contribution in [-0.4, -0.2) is 36.3 Å². The molecule has 28 heavy (non-hydrogen) atoms. The number of rotatable bonds is 7. The summed E-state index contributed by atoms with van der Waals surface area (Å²) < 4.78 is 4.80. The molecular formula is C19H24ClN3O5. The molecule has 9 heteroatoms. The number of esters is 1. The highest BCUT2D eigenvalue weighted by molar-refractivity contribution is 6.33. The molecule has 3 N–H and O–H groups in total. The molecule has 1 aromatic rings. The summed E-state index contributed by atoms with van der Waals surface area (Å²) in [4.78, 5) is 47.0. The van der Waals surface area contributed by atoms with Gasteiger partial charge in [0.25, 0.3) is 11.8 Å². The van der Waals surface area contributed by atoms with Gasteiger partial charge in [-0.3, -0.25) is 30.0 Å². The number of ether oxygens (including phenoxy) is 1. The Balaban J connectivity index is 1.60. The SMILES string of the molecule is O=C(COC(=O)CCC(=O)NC1CCCCC1)NNC(=O)c1ccccc1Cl. The molecule has 3 amide bonds. The van der Waals surface area contributed by atoms with Gasteiger partial charge in [-0.25, -0.2) is 0 Å². The second-order valence-corrected chi connectivity index (χ2v) is 6.95. The molecule has 1 aliphatic carbocycles. The monoisotopic (exact) mass is 409 g/mol. The summed E-state index contributed by atoms with van der Waals surface area (Å²) in [5.74, 6) is -2.16. The zero-order valence-corrected chi connectivity index (χ0v) is 16.2. The lowest BCUT2D eigenvalue weighted by molar-refractivity contribution is -0.149. The van der Waals surface area contributed by atoms with Gasteiger partial charge in [-0.05, 0) is 25.0 Å². The van der Waals surface area contributed by atoms with E-state index in [0.717, 1.165) is 25.7 Å². The number of hydrogen-bond donors (Lipinski definition) is 3. The summed E-state index contributed by atoms with van der Waals surface area (Å²) in [6.07, 6.45) is 5.24. The van der Waals surface area contributed by atoms with Crippen LogP contribution in [0.25, 0.3) is 0 Å². The van der Waals surface area contributed by atoms with E-state index in [1.54, 1.807) is 18.2 Å². The Kier molecular flexibility index (Phi) is 8.74. The smallest absolute Gasteiger partial charge is 0.306 e. The van der Waals surface area contributed by atoms with E-state index in [-0.39, 0.29) is 35.4 Å². The second kappa shape index (κ2) is 11.3. The molecule has 0 aromatic heterocycles. The Morgan fingerprint density at radius 1 is 0.964 bits per heavy atom. The summed E-state index contributed by atoms with van der Waals surface area (Å²) in [5, 5.41) is 3.15. The van der Waals surface area contributed by atoms with Gasteiger partial charge in [0.15, 0.2) is 6.61 Å². The summed E-state index contributed by atoms with van der Waals surface area (Å²) in [6.45, 7) is -0.564. The van der Waals surface area contributed by atoms with Crippen molar-refractivity contribution in [1.29, 1.82) is 0 Å². The zero-order valence-electron chi connectivity index (χ0n) is 15.5. The first-order valence-electron chi connectivity index (χ1n) is 9.24. The van der Waals surface area contributed by atoms with E-state index >= 15 is 0 Å². The van der Waals surface area contributed by atoms with Gasteiger partial charge >= 0.3 is 5.97 Å². The molecule has 0 unspecified atom stereocenters. The molecule has 0 heterocycles. The second-order valence-electron chi connectivity index (χ2n) is 6.55. The zero-order chi connectivity index (χ0) is 20.4. The number of carbonyl (C=O) groups is 4. The highest BCUT2D eigenvalue weighted by Crippen LogP contribution is 2.17. The van der Waals surface area contributed by atoms with Crippen LogP contribution in [0.3, 0.4) is 0 Å². The van der Waals surface area contributed by atoms with Crippen molar-refractivity contribution in [2.24, 2.45) is 0 Å². The third-order valence-corrected chi connectivity index (χ3v) is 4.65. The largest absolute Gasteiger partial charge is 0.455 e. The van der Waals surface area contributed by atoms with Crippen molar-refractivity contribution in [3.63, 3.8) is 0 Å². The molecule has 0 spiro atoms. The van der Waals surface area contributed by atoms with Gasteiger partial charge in [0, 0.05) is 12.5 Å². The standard InChI is InChI=1S/C19H24ClN3O5/c20-15-9-5-4-8-14(15)19(27)23-22-17(25)12-28-18(26)11-10-16(24)21-13-6-2-1-3-7-13/h4-5,8-9,13H,1-3,6-7,10-12H2,(H,21,24)(H,22,25)(H,23,27). The van der Waals surface area contributed by atoms with Gasteiger partial charge in [-0.1, -0.05) is 43.0 Å². The van der Waals surface area contributed by atoms with Crippen molar-refractivity contribution < 1.29 is 23.9 Å². The highest BCUT2D eigenvalue weighted by atomic mass is 35.5. The number of carbonyl (C=O) groups excluding carboxylic acids is 4. The molecule has 0 bridgehead atoms. The predicted octanol–water partition coefficient (Wildman–Crippen LogP) is 1.87. The minimum atomic E-state index is -0.708. The lowest BCUT2D eigenvalue weighted by Crippen LogP contribution is -2.43. The molecule has 0 radical (unpaired) electrons. The quantitative estimate of drug-likeness (QED) is 0.470. The topological polar surface area (TPSA) is 114 Å². The third kappa shape index (κ3) is 7.56. The Bertz CT molecular complexity index is 719. The summed E-state index contributed by atoms with van der Waals surface area (Å²) in [5.41, 5.74) is 4.51. The van der Waals surface area contributed by atoms with E-state index in [9.17, 15) is 19.2 Å². The maximum atomic E-state index is 11.9. The maximum Gasteiger partial charge on any atom is 0.306 e. The first kappa shape index (κ1) is 21.7. The highest BCUT2D eigenvalue weighted by Gasteiger charge is 2.17. The minimum Gasteiger partial charge on any atom is -0.455 e. The van der Waals surface area contributed by atoms with Crippen LogP contribution in [0.4, 0.5) is 0 Å². The van der Waals surface area contributed by atoms with E-state index in [1.807, 2.05) is 0 Å². The molecule has 1 aromatic carbocycles. The molecule has 1 fully saturated rings. The van der Waals surface area contributed by atoms with Crippen LogP contribution in [0, 0.1) is 0 Å². The van der Waals surface area contributed by atoms with Crippen LogP contribution >= 0.6 is 11.6 Å². The number of amides is 3. The van der Waals surface area contributed by atoms with E-state index in [1.165, 1.54) is 12.5 Å². The molecule has 1 aliphatic rings. The molecular weight excluding hydrogens is 386 g/mol. The number of hydrogen-bond acceptors (Lipinski definition) is 5. The average Bonchev–Trinajstić information content (AvgIpc) is 2.70. The van der Waals surface area contributed by atoms with Gasteiger partial charge in [-0.2, -0.15) is 0 Å². The predicted molar refractivity (Wildman–Crippen MR) is 102 cm³/mol. The van der Waals surface area contributed by atoms with Crippen LogP contribution in [0.5, 0.6) is 0 Å². The van der Waals surface area contributed by atoms with Crippen molar-refractivity contribution in [1.82, 2.24) is 16.2 Å². The van der Waals surface area contributed by atoms with Crippen molar-refractivity contribution in [3.05, 3.63) is 34.9 Å². The molecule has 1 saturated carbocycles. The number of benzene rings is 1. The number of halogens is 1. The van der Waals surface area contributed by atoms with E-state index < -0.39 is 24.4 Å². The molecule has 0 atom stereocenters. The lowest BCUT2D eigenvalue weighted by atomic mass is 9.95. The number of nitrogens with one attached hydrogen (secondary N) is 3. The van der Waals surface area contributed by atoms with Gasteiger partial charge in [-0.15, -0.1) is 0 Å². The van der Waals surface area contributed by atoms with Crippen LogP contribution in [-0.2, 0) is 19.1 Å². The summed E-state index contributed by atoms with van der Waals surface area (Å²) >= 11 is 5.88. The Morgan fingerprint density at radius 2 is 1.68 bits per heavy atom. The fourth-order valence-electron chi connectivity index (χ4n) is 2.86. The average molecular weight is 410 g/mol. The number of hydrazine groups is 1. The normalized spacial score (nSPS) is 14.0. The Morgan fingerprint density at radius 3 is 2.39 bits per heavy atom. The minimum absolute atomic E-state index is 0.0141. The van der Waals surface area contributed by atoms with Gasteiger partial charge in [0.1, 0.15) is 0 Å². The fraction of sp³-hybridized carbons (Fsp3) is 0.474. The molecule has 152 valence electrons. The van der Waals surface area contributed by atoms with Crippen LogP contribution in [0.2, 0.25) is 5.02 Å². The summed E-state index contributed by atoms with van der Waals surface area (Å²) in [7, 11) is 0. The van der Waals surface area contributed by atoms with Crippen molar-refractivity contribution in [3.8, 4) is 0 Å².